The molecule has 1 saturated heterocycles. The third-order valence-electron chi connectivity index (χ3n) is 6.38. The molecular weight excluding hydrogens is 414 g/mol. The van der Waals surface area contributed by atoms with Crippen molar-refractivity contribution >= 4 is 15.5 Å². The quantitative estimate of drug-likeness (QED) is 0.678. The molecule has 0 bridgehead atoms. The Labute approximate surface area is 184 Å². The molecule has 2 unspecified atom stereocenters. The summed E-state index contributed by atoms with van der Waals surface area (Å²) in [5.41, 5.74) is 4.97. The predicted molar refractivity (Wildman–Crippen MR) is 121 cm³/mol. The molecule has 2 aromatic rings. The molecule has 8 nitrogen and oxygen atoms in total. The molecule has 31 heavy (non-hydrogen) atoms. The second-order valence-electron chi connectivity index (χ2n) is 8.82. The summed E-state index contributed by atoms with van der Waals surface area (Å²) in [4.78, 5) is 0. The zero-order valence-electron chi connectivity index (χ0n) is 18.7. The van der Waals surface area contributed by atoms with Crippen molar-refractivity contribution < 1.29 is 13.2 Å². The number of hydrogen-bond acceptors (Lipinski definition) is 7. The van der Waals surface area contributed by atoms with E-state index in [9.17, 15) is 8.42 Å². The Hall–Kier alpha value is -2.26. The molecule has 0 N–H and O–H groups in total. The zero-order chi connectivity index (χ0) is 22.2. The highest BCUT2D eigenvalue weighted by Gasteiger charge is 2.40. The molecule has 0 amide bonds. The number of nitrogens with zero attached hydrogens (tertiary/aromatic N) is 5. The van der Waals surface area contributed by atoms with E-state index in [2.05, 4.69) is 33.6 Å². The molecule has 3 heterocycles. The molecule has 1 aromatic carbocycles. The highest BCUT2D eigenvalue weighted by atomic mass is 32.2. The molecule has 0 spiro atoms. The van der Waals surface area contributed by atoms with Crippen LogP contribution in [-0.2, 0) is 21.6 Å². The van der Waals surface area contributed by atoms with Crippen molar-refractivity contribution in [1.82, 2.24) is 20.0 Å². The summed E-state index contributed by atoms with van der Waals surface area (Å²) in [7, 11) is 0.650. The van der Waals surface area contributed by atoms with Gasteiger partial charge in [-0.05, 0) is 37.2 Å². The number of sulfone groups is 1. The second-order valence-corrected chi connectivity index (χ2v) is 11.0. The van der Waals surface area contributed by atoms with Crippen molar-refractivity contribution in [2.75, 3.05) is 38.8 Å². The van der Waals surface area contributed by atoms with E-state index in [1.165, 1.54) is 11.8 Å². The van der Waals surface area contributed by atoms with Crippen LogP contribution in [0.15, 0.2) is 29.4 Å². The van der Waals surface area contributed by atoms with Gasteiger partial charge in [0.25, 0.3) is 0 Å². The molecule has 2 aliphatic heterocycles. The minimum atomic E-state index is -3.18. The Bertz CT molecular complexity index is 1050. The molecule has 0 radical (unpaired) electrons. The maximum atomic E-state index is 12.2. The number of aryl methyl sites for hydroxylation is 2. The van der Waals surface area contributed by atoms with Crippen LogP contribution in [0.2, 0.25) is 0 Å². The molecule has 0 saturated carbocycles. The SMILES string of the molecule is Cc1nnn(C)c1-c1ccccc1C(C1CCOCC1)C1CN(C)N=C1CS(C)(=O)=O. The topological polar surface area (TPSA) is 89.7 Å². The summed E-state index contributed by atoms with van der Waals surface area (Å²) < 4.78 is 31.8. The van der Waals surface area contributed by atoms with Gasteiger partial charge in [0.2, 0.25) is 0 Å². The Morgan fingerprint density at radius 3 is 2.55 bits per heavy atom. The molecule has 0 aliphatic carbocycles. The molecule has 1 fully saturated rings. The van der Waals surface area contributed by atoms with Gasteiger partial charge in [-0.3, -0.25) is 5.01 Å². The third-order valence-corrected chi connectivity index (χ3v) is 7.20. The molecule has 2 atom stereocenters. The smallest absolute Gasteiger partial charge is 0.152 e. The normalized spacial score (nSPS) is 21.4. The van der Waals surface area contributed by atoms with Crippen LogP contribution in [-0.4, -0.2) is 72.9 Å². The van der Waals surface area contributed by atoms with Crippen molar-refractivity contribution in [1.29, 1.82) is 0 Å². The van der Waals surface area contributed by atoms with Crippen molar-refractivity contribution in [3.63, 3.8) is 0 Å². The lowest BCUT2D eigenvalue weighted by atomic mass is 9.71. The van der Waals surface area contributed by atoms with Gasteiger partial charge in [-0.15, -0.1) is 5.10 Å². The van der Waals surface area contributed by atoms with Crippen LogP contribution in [0.25, 0.3) is 11.3 Å². The Morgan fingerprint density at radius 1 is 1.19 bits per heavy atom. The second kappa shape index (κ2) is 8.70. The van der Waals surface area contributed by atoms with Gasteiger partial charge in [-0.25, -0.2) is 13.1 Å². The number of benzene rings is 1. The number of aromatic nitrogens is 3. The third kappa shape index (κ3) is 4.67. The molecule has 2 aliphatic rings. The van der Waals surface area contributed by atoms with Gasteiger partial charge in [0.1, 0.15) is 0 Å². The first kappa shape index (κ1) is 22.0. The predicted octanol–water partition coefficient (Wildman–Crippen LogP) is 2.26. The maximum absolute atomic E-state index is 12.2. The fraction of sp³-hybridized carbons (Fsp3) is 0.591. The number of hydrazone groups is 1. The first-order valence-corrected chi connectivity index (χ1v) is 12.8. The van der Waals surface area contributed by atoms with Crippen molar-refractivity contribution in [2.24, 2.45) is 24.0 Å². The van der Waals surface area contributed by atoms with Gasteiger partial charge in [0.05, 0.1) is 22.9 Å². The van der Waals surface area contributed by atoms with Crippen molar-refractivity contribution in [3.05, 3.63) is 35.5 Å². The Morgan fingerprint density at radius 2 is 1.90 bits per heavy atom. The number of hydrogen-bond donors (Lipinski definition) is 0. The van der Waals surface area contributed by atoms with Gasteiger partial charge < -0.3 is 4.74 Å². The fourth-order valence-electron chi connectivity index (χ4n) is 5.16. The molecule has 168 valence electrons. The van der Waals surface area contributed by atoms with Crippen LogP contribution in [0.5, 0.6) is 0 Å². The molecular formula is C22H31N5O3S. The summed E-state index contributed by atoms with van der Waals surface area (Å²) in [6.45, 7) is 4.15. The van der Waals surface area contributed by atoms with E-state index < -0.39 is 9.84 Å². The monoisotopic (exact) mass is 445 g/mol. The summed E-state index contributed by atoms with van der Waals surface area (Å²) in [6, 6.07) is 8.41. The lowest BCUT2D eigenvalue weighted by Gasteiger charge is -2.36. The largest absolute Gasteiger partial charge is 0.381 e. The standard InChI is InChI=1S/C22H31N5O3S/c1-15-22(27(3)25-23-15)18-8-6-5-7-17(18)21(16-9-11-30-12-10-16)19-13-26(2)24-20(19)14-31(4,28)29/h5-8,16,19,21H,9-14H2,1-4H3. The minimum Gasteiger partial charge on any atom is -0.381 e. The fourth-order valence-corrected chi connectivity index (χ4v) is 5.97. The average molecular weight is 446 g/mol. The highest BCUT2D eigenvalue weighted by molar-refractivity contribution is 7.91. The minimum absolute atomic E-state index is 0.00378. The summed E-state index contributed by atoms with van der Waals surface area (Å²) in [5.74, 6) is 0.555. The molecule has 1 aromatic heterocycles. The first-order chi connectivity index (χ1) is 14.7. The van der Waals surface area contributed by atoms with Crippen LogP contribution in [0.1, 0.15) is 30.0 Å². The van der Waals surface area contributed by atoms with Crippen LogP contribution in [0.3, 0.4) is 0 Å². The lowest BCUT2D eigenvalue weighted by Crippen LogP contribution is -2.35. The number of rotatable bonds is 6. The maximum Gasteiger partial charge on any atom is 0.152 e. The molecule has 4 rings (SSSR count). The summed E-state index contributed by atoms with van der Waals surface area (Å²) >= 11 is 0. The van der Waals surface area contributed by atoms with Crippen LogP contribution >= 0.6 is 0 Å². The van der Waals surface area contributed by atoms with E-state index >= 15 is 0 Å². The first-order valence-electron chi connectivity index (χ1n) is 10.7. The average Bonchev–Trinajstić information content (AvgIpc) is 3.23. The van der Waals surface area contributed by atoms with Crippen LogP contribution in [0.4, 0.5) is 0 Å². The van der Waals surface area contributed by atoms with Gasteiger partial charge in [0, 0.05) is 51.6 Å². The Kier molecular flexibility index (Phi) is 6.16. The van der Waals surface area contributed by atoms with Crippen molar-refractivity contribution in [3.8, 4) is 11.3 Å². The summed E-state index contributed by atoms with van der Waals surface area (Å²) in [6.07, 6.45) is 3.19. The van der Waals surface area contributed by atoms with Gasteiger partial charge in [-0.2, -0.15) is 5.10 Å². The highest BCUT2D eigenvalue weighted by Crippen LogP contribution is 2.44. The zero-order valence-corrected chi connectivity index (χ0v) is 19.5. The van der Waals surface area contributed by atoms with Crippen LogP contribution < -0.4 is 0 Å². The van der Waals surface area contributed by atoms with E-state index in [1.54, 1.807) is 0 Å². The van der Waals surface area contributed by atoms with Gasteiger partial charge in [0.15, 0.2) is 9.84 Å². The lowest BCUT2D eigenvalue weighted by molar-refractivity contribution is 0.0532. The van der Waals surface area contributed by atoms with E-state index in [0.717, 1.165) is 48.7 Å². The van der Waals surface area contributed by atoms with Gasteiger partial charge in [-0.1, -0.05) is 29.5 Å². The van der Waals surface area contributed by atoms with Crippen molar-refractivity contribution in [2.45, 2.75) is 25.7 Å². The van der Waals surface area contributed by atoms with Gasteiger partial charge >= 0.3 is 0 Å². The van der Waals surface area contributed by atoms with E-state index in [-0.39, 0.29) is 17.6 Å². The van der Waals surface area contributed by atoms with Crippen LogP contribution in [0, 0.1) is 18.8 Å². The van der Waals surface area contributed by atoms with E-state index in [0.29, 0.717) is 12.5 Å². The van der Waals surface area contributed by atoms with E-state index in [1.807, 2.05) is 36.8 Å². The van der Waals surface area contributed by atoms with E-state index in [4.69, 9.17) is 4.74 Å². The summed E-state index contributed by atoms with van der Waals surface area (Å²) in [5, 5.41) is 15.0. The number of ether oxygens (including phenoxy) is 1. The Balaban J connectivity index is 1.84. The molecule has 9 heteroatoms.